The molecule has 0 unspecified atom stereocenters. The number of benzene rings is 1. The van der Waals surface area contributed by atoms with Crippen LogP contribution in [0.4, 0.5) is 0 Å². The zero-order chi connectivity index (χ0) is 13.3. The van der Waals surface area contributed by atoms with Gasteiger partial charge in [0.2, 0.25) is 8.32 Å². The van der Waals surface area contributed by atoms with Gasteiger partial charge in [0.1, 0.15) is 5.75 Å². The first-order chi connectivity index (χ1) is 8.35. The fraction of sp³-hybridized carbons (Fsp3) is 0.500. The standard InChI is InChI=1S/C14H20O3Si/c1-18(2,3)17-13-6-4-10(5-7-13)11-8-12(9-11)14(15)16/h4-7,11-12H,8-9H2,1-3H3,(H,15,16). The third-order valence-electron chi connectivity index (χ3n) is 3.26. The lowest BCUT2D eigenvalue weighted by atomic mass is 9.71. The summed E-state index contributed by atoms with van der Waals surface area (Å²) in [6.07, 6.45) is 1.53. The summed E-state index contributed by atoms with van der Waals surface area (Å²) < 4.78 is 5.89. The van der Waals surface area contributed by atoms with E-state index < -0.39 is 14.3 Å². The molecule has 1 N–H and O–H groups in total. The molecule has 18 heavy (non-hydrogen) atoms. The van der Waals surface area contributed by atoms with Crippen LogP contribution in [0.15, 0.2) is 24.3 Å². The second-order valence-electron chi connectivity index (χ2n) is 5.99. The molecule has 0 atom stereocenters. The van der Waals surface area contributed by atoms with Gasteiger partial charge in [0, 0.05) is 0 Å². The minimum Gasteiger partial charge on any atom is -0.544 e. The van der Waals surface area contributed by atoms with E-state index in [1.165, 1.54) is 5.56 Å². The van der Waals surface area contributed by atoms with Gasteiger partial charge in [-0.25, -0.2) is 0 Å². The van der Waals surface area contributed by atoms with Crippen molar-refractivity contribution in [1.29, 1.82) is 0 Å². The number of hydrogen-bond donors (Lipinski definition) is 1. The predicted octanol–water partition coefficient (Wildman–Crippen LogP) is 3.48. The second kappa shape index (κ2) is 4.76. The normalized spacial score (nSPS) is 23.3. The molecule has 3 nitrogen and oxygen atoms in total. The molecule has 1 aliphatic carbocycles. The van der Waals surface area contributed by atoms with Gasteiger partial charge in [0.25, 0.3) is 0 Å². The van der Waals surface area contributed by atoms with Gasteiger partial charge < -0.3 is 9.53 Å². The maximum atomic E-state index is 10.8. The van der Waals surface area contributed by atoms with Crippen LogP contribution < -0.4 is 4.43 Å². The van der Waals surface area contributed by atoms with Crippen molar-refractivity contribution in [3.05, 3.63) is 29.8 Å². The molecule has 0 radical (unpaired) electrons. The number of carbonyl (C=O) groups is 1. The molecule has 2 rings (SSSR count). The Morgan fingerprint density at radius 2 is 1.78 bits per heavy atom. The van der Waals surface area contributed by atoms with Crippen molar-refractivity contribution in [2.75, 3.05) is 0 Å². The molecule has 0 spiro atoms. The lowest BCUT2D eigenvalue weighted by molar-refractivity contribution is -0.145. The van der Waals surface area contributed by atoms with Crippen molar-refractivity contribution in [3.63, 3.8) is 0 Å². The van der Waals surface area contributed by atoms with Crippen molar-refractivity contribution in [1.82, 2.24) is 0 Å². The SMILES string of the molecule is C[Si](C)(C)Oc1ccc(C2CC(C(=O)O)C2)cc1. The Hall–Kier alpha value is -1.29. The summed E-state index contributed by atoms with van der Waals surface area (Å²) in [5.74, 6) is 0.525. The average Bonchev–Trinajstić information content (AvgIpc) is 2.15. The number of hydrogen-bond acceptors (Lipinski definition) is 2. The number of rotatable bonds is 4. The third kappa shape index (κ3) is 3.13. The maximum Gasteiger partial charge on any atom is 0.306 e. The largest absolute Gasteiger partial charge is 0.544 e. The van der Waals surface area contributed by atoms with Crippen LogP contribution in [0.2, 0.25) is 19.6 Å². The fourth-order valence-corrected chi connectivity index (χ4v) is 3.10. The number of carboxylic acid groups (broad SMARTS) is 1. The average molecular weight is 264 g/mol. The molecule has 0 aromatic heterocycles. The Morgan fingerprint density at radius 1 is 1.22 bits per heavy atom. The first-order valence-electron chi connectivity index (χ1n) is 6.37. The summed E-state index contributed by atoms with van der Waals surface area (Å²) in [5.41, 5.74) is 1.23. The van der Waals surface area contributed by atoms with Crippen LogP contribution in [0, 0.1) is 5.92 Å². The second-order valence-corrected chi connectivity index (χ2v) is 10.4. The van der Waals surface area contributed by atoms with Crippen LogP contribution in [0.3, 0.4) is 0 Å². The van der Waals surface area contributed by atoms with Gasteiger partial charge in [-0.3, -0.25) is 4.79 Å². The quantitative estimate of drug-likeness (QED) is 0.847. The Balaban J connectivity index is 1.95. The van der Waals surface area contributed by atoms with Gasteiger partial charge in [0.05, 0.1) is 5.92 Å². The number of aliphatic carboxylic acids is 1. The molecule has 1 aromatic rings. The van der Waals surface area contributed by atoms with Gasteiger partial charge in [-0.2, -0.15) is 0 Å². The van der Waals surface area contributed by atoms with E-state index in [0.29, 0.717) is 5.92 Å². The highest BCUT2D eigenvalue weighted by Crippen LogP contribution is 2.42. The van der Waals surface area contributed by atoms with Crippen molar-refractivity contribution in [3.8, 4) is 5.75 Å². The van der Waals surface area contributed by atoms with E-state index in [2.05, 4.69) is 31.8 Å². The molecular formula is C14H20O3Si. The highest BCUT2D eigenvalue weighted by Gasteiger charge is 2.35. The highest BCUT2D eigenvalue weighted by molar-refractivity contribution is 6.70. The van der Waals surface area contributed by atoms with E-state index in [-0.39, 0.29) is 5.92 Å². The van der Waals surface area contributed by atoms with E-state index in [1.807, 2.05) is 12.1 Å². The zero-order valence-corrected chi connectivity index (χ0v) is 12.1. The van der Waals surface area contributed by atoms with Gasteiger partial charge in [-0.15, -0.1) is 0 Å². The van der Waals surface area contributed by atoms with E-state index in [1.54, 1.807) is 0 Å². The highest BCUT2D eigenvalue weighted by atomic mass is 28.4. The lowest BCUT2D eigenvalue weighted by Crippen LogP contribution is -2.29. The van der Waals surface area contributed by atoms with Crippen molar-refractivity contribution in [2.24, 2.45) is 5.92 Å². The van der Waals surface area contributed by atoms with Gasteiger partial charge in [0.15, 0.2) is 0 Å². The summed E-state index contributed by atoms with van der Waals surface area (Å²) in [7, 11) is -1.54. The molecule has 0 amide bonds. The van der Waals surface area contributed by atoms with Gasteiger partial charge >= 0.3 is 5.97 Å². The first kappa shape index (κ1) is 13.1. The third-order valence-corrected chi connectivity index (χ3v) is 4.11. The van der Waals surface area contributed by atoms with Crippen LogP contribution in [0.1, 0.15) is 24.3 Å². The van der Waals surface area contributed by atoms with Gasteiger partial charge in [-0.1, -0.05) is 12.1 Å². The topological polar surface area (TPSA) is 46.5 Å². The Kier molecular flexibility index (Phi) is 3.48. The summed E-state index contributed by atoms with van der Waals surface area (Å²) in [6, 6.07) is 8.14. The van der Waals surface area contributed by atoms with Crippen LogP contribution in [0.5, 0.6) is 5.75 Å². The summed E-state index contributed by atoms with van der Waals surface area (Å²) >= 11 is 0. The van der Waals surface area contributed by atoms with Crippen molar-refractivity contribution >= 4 is 14.3 Å². The lowest BCUT2D eigenvalue weighted by Gasteiger charge is -2.32. The maximum absolute atomic E-state index is 10.8. The first-order valence-corrected chi connectivity index (χ1v) is 9.78. The van der Waals surface area contributed by atoms with Gasteiger partial charge in [-0.05, 0) is 56.1 Å². The smallest absolute Gasteiger partial charge is 0.306 e. The molecule has 4 heteroatoms. The summed E-state index contributed by atoms with van der Waals surface area (Å²) in [5, 5.41) is 8.85. The minimum atomic E-state index is -1.54. The van der Waals surface area contributed by atoms with Crippen LogP contribution in [-0.4, -0.2) is 19.4 Å². The predicted molar refractivity (Wildman–Crippen MR) is 73.5 cm³/mol. The molecule has 1 aliphatic rings. The molecule has 1 saturated carbocycles. The Labute approximate surface area is 109 Å². The molecule has 0 bridgehead atoms. The van der Waals surface area contributed by atoms with E-state index in [9.17, 15) is 4.79 Å². The molecule has 1 aromatic carbocycles. The fourth-order valence-electron chi connectivity index (χ4n) is 2.25. The minimum absolute atomic E-state index is 0.145. The van der Waals surface area contributed by atoms with Crippen LogP contribution >= 0.6 is 0 Å². The van der Waals surface area contributed by atoms with Crippen molar-refractivity contribution in [2.45, 2.75) is 38.4 Å². The number of carboxylic acids is 1. The summed E-state index contributed by atoms with van der Waals surface area (Å²) in [6.45, 7) is 6.47. The Bertz CT molecular complexity index is 427. The van der Waals surface area contributed by atoms with Crippen LogP contribution in [-0.2, 0) is 4.79 Å². The molecule has 0 heterocycles. The Morgan fingerprint density at radius 3 is 2.22 bits per heavy atom. The molecular weight excluding hydrogens is 244 g/mol. The molecule has 98 valence electrons. The summed E-state index contributed by atoms with van der Waals surface area (Å²) in [4.78, 5) is 10.8. The van der Waals surface area contributed by atoms with E-state index >= 15 is 0 Å². The molecule has 0 aliphatic heterocycles. The monoisotopic (exact) mass is 264 g/mol. The molecule has 1 fully saturated rings. The van der Waals surface area contributed by atoms with Crippen molar-refractivity contribution < 1.29 is 14.3 Å². The van der Waals surface area contributed by atoms with E-state index in [4.69, 9.17) is 9.53 Å². The van der Waals surface area contributed by atoms with E-state index in [0.717, 1.165) is 18.6 Å². The molecule has 0 saturated heterocycles. The van der Waals surface area contributed by atoms with Crippen LogP contribution in [0.25, 0.3) is 0 Å². The zero-order valence-electron chi connectivity index (χ0n) is 11.1.